The van der Waals surface area contributed by atoms with Crippen molar-refractivity contribution in [2.45, 2.75) is 57.1 Å². The van der Waals surface area contributed by atoms with Gasteiger partial charge in [-0.1, -0.05) is 6.07 Å². The lowest BCUT2D eigenvalue weighted by Crippen LogP contribution is -2.50. The Morgan fingerprint density at radius 2 is 2.00 bits per heavy atom. The van der Waals surface area contributed by atoms with Crippen molar-refractivity contribution in [3.63, 3.8) is 0 Å². The lowest BCUT2D eigenvalue weighted by Gasteiger charge is -2.38. The van der Waals surface area contributed by atoms with E-state index in [1.807, 2.05) is 26.0 Å². The molecular weight excluding hydrogens is 555 g/mol. The van der Waals surface area contributed by atoms with Crippen molar-refractivity contribution in [3.05, 3.63) is 82.3 Å². The van der Waals surface area contributed by atoms with Crippen molar-refractivity contribution in [1.82, 2.24) is 45.2 Å². The summed E-state index contributed by atoms with van der Waals surface area (Å²) in [5.74, 6) is 0.832. The summed E-state index contributed by atoms with van der Waals surface area (Å²) in [7, 11) is 1.55. The number of methoxy groups -OCH3 is 1. The van der Waals surface area contributed by atoms with Crippen LogP contribution in [0.3, 0.4) is 0 Å². The molecule has 1 saturated carbocycles. The number of halogens is 1. The highest BCUT2D eigenvalue weighted by Crippen LogP contribution is 2.41. The van der Waals surface area contributed by atoms with Gasteiger partial charge in [0.15, 0.2) is 17.5 Å². The third-order valence-corrected chi connectivity index (χ3v) is 8.00. The summed E-state index contributed by atoms with van der Waals surface area (Å²) < 4.78 is 20.5. The number of rotatable bonds is 8. The number of nitrogens with zero attached hydrogens (tertiary/aromatic N) is 6. The summed E-state index contributed by atoms with van der Waals surface area (Å²) in [6, 6.07) is 6.70. The summed E-state index contributed by atoms with van der Waals surface area (Å²) in [4.78, 5) is 42.6. The lowest BCUT2D eigenvalue weighted by molar-refractivity contribution is -0.148. The van der Waals surface area contributed by atoms with E-state index in [9.17, 15) is 14.0 Å². The molecule has 0 radical (unpaired) electrons. The molecular formula is C29H31FN10O3. The number of H-pyrrole nitrogens is 2. The lowest BCUT2D eigenvalue weighted by atomic mass is 9.76. The molecule has 222 valence electrons. The SMILES string of the molecule is CO[C@]1(C(=O)N[C@@H](C)c2ccc(-n3cc(F)cn3)nc2)CC[C@H](c2nc(Nc3cc(C)[nH]n3)cc3c(=O)[nH]cnc32)CC1. The summed E-state index contributed by atoms with van der Waals surface area (Å²) in [6.45, 7) is 3.77. The van der Waals surface area contributed by atoms with Gasteiger partial charge in [0, 0.05) is 31.0 Å². The topological polar surface area (TPSA) is 168 Å². The minimum Gasteiger partial charge on any atom is -0.368 e. The van der Waals surface area contributed by atoms with Crippen LogP contribution in [-0.4, -0.2) is 58.5 Å². The van der Waals surface area contributed by atoms with Crippen molar-refractivity contribution in [1.29, 1.82) is 0 Å². The standard InChI is InChI=1S/C29H31FN10O3/c1-16-10-23(39-38-16)36-22-11-21-26(32-15-33-27(21)41)25(37-22)18-6-8-29(43-3,9-7-18)28(42)35-17(2)19-4-5-24(31-12-19)40-14-20(30)13-34-40/h4-5,10-15,17-18H,6-9H2,1-3H3,(H,35,42)(H,32,33,41)(H2,36,37,38,39)/t17-,18-,29+/m0/s1. The third kappa shape index (κ3) is 5.60. The summed E-state index contributed by atoms with van der Waals surface area (Å²) in [5.41, 5.74) is 1.62. The van der Waals surface area contributed by atoms with E-state index in [2.05, 4.69) is 40.9 Å². The number of ether oxygens (including phenoxy) is 1. The van der Waals surface area contributed by atoms with E-state index in [1.165, 1.54) is 17.2 Å². The molecule has 0 saturated heterocycles. The van der Waals surface area contributed by atoms with Crippen LogP contribution in [0.1, 0.15) is 61.5 Å². The molecule has 4 N–H and O–H groups in total. The fourth-order valence-electron chi connectivity index (χ4n) is 5.57. The fourth-order valence-corrected chi connectivity index (χ4v) is 5.57. The van der Waals surface area contributed by atoms with Gasteiger partial charge in [-0.15, -0.1) is 0 Å². The number of fused-ring (bicyclic) bond motifs is 1. The predicted molar refractivity (Wildman–Crippen MR) is 156 cm³/mol. The smallest absolute Gasteiger partial charge is 0.258 e. The normalized spacial score (nSPS) is 19.3. The van der Waals surface area contributed by atoms with Crippen molar-refractivity contribution in [2.24, 2.45) is 0 Å². The van der Waals surface area contributed by atoms with Crippen LogP contribution >= 0.6 is 0 Å². The van der Waals surface area contributed by atoms with Gasteiger partial charge in [0.1, 0.15) is 11.4 Å². The van der Waals surface area contributed by atoms with Crippen LogP contribution in [0.15, 0.2) is 54.0 Å². The Balaban J connectivity index is 1.18. The Kier molecular flexibility index (Phi) is 7.44. The Morgan fingerprint density at radius 3 is 2.65 bits per heavy atom. The van der Waals surface area contributed by atoms with E-state index in [0.29, 0.717) is 59.7 Å². The number of hydrogen-bond acceptors (Lipinski definition) is 9. The second-order valence-corrected chi connectivity index (χ2v) is 10.8. The molecule has 0 spiro atoms. The molecule has 1 atom stereocenters. The largest absolute Gasteiger partial charge is 0.368 e. The van der Waals surface area contributed by atoms with Gasteiger partial charge in [-0.2, -0.15) is 10.2 Å². The van der Waals surface area contributed by atoms with Gasteiger partial charge >= 0.3 is 0 Å². The number of hydrogen-bond donors (Lipinski definition) is 4. The zero-order chi connectivity index (χ0) is 30.1. The molecule has 0 bridgehead atoms. The average molecular weight is 587 g/mol. The number of aryl methyl sites for hydroxylation is 1. The van der Waals surface area contributed by atoms with Crippen molar-refractivity contribution < 1.29 is 13.9 Å². The molecule has 13 nitrogen and oxygen atoms in total. The summed E-state index contributed by atoms with van der Waals surface area (Å²) in [5, 5.41) is 17.7. The molecule has 1 amide bonds. The number of amides is 1. The molecule has 1 aliphatic rings. The molecule has 1 aliphatic carbocycles. The van der Waals surface area contributed by atoms with Crippen LogP contribution < -0.4 is 16.2 Å². The number of aromatic nitrogens is 8. The fraction of sp³-hybridized carbons (Fsp3) is 0.345. The highest BCUT2D eigenvalue weighted by Gasteiger charge is 2.43. The quantitative estimate of drug-likeness (QED) is 0.212. The van der Waals surface area contributed by atoms with Gasteiger partial charge in [-0.05, 0) is 57.2 Å². The maximum absolute atomic E-state index is 13.6. The molecule has 0 aromatic carbocycles. The maximum atomic E-state index is 13.6. The van der Waals surface area contributed by atoms with Crippen molar-refractivity contribution in [3.8, 4) is 5.82 Å². The van der Waals surface area contributed by atoms with Gasteiger partial charge in [-0.25, -0.2) is 24.0 Å². The molecule has 0 aliphatic heterocycles. The average Bonchev–Trinajstić information content (AvgIpc) is 3.64. The third-order valence-electron chi connectivity index (χ3n) is 8.00. The number of carbonyl (C=O) groups excluding carboxylic acids is 1. The minimum absolute atomic E-state index is 0.0446. The predicted octanol–water partition coefficient (Wildman–Crippen LogP) is 3.73. The number of anilines is 2. The molecule has 1 fully saturated rings. The molecule has 5 aromatic heterocycles. The molecule has 0 unspecified atom stereocenters. The minimum atomic E-state index is -1.02. The second-order valence-electron chi connectivity index (χ2n) is 10.8. The van der Waals surface area contributed by atoms with Gasteiger partial charge in [0.2, 0.25) is 0 Å². The first kappa shape index (κ1) is 28.2. The first-order valence-electron chi connectivity index (χ1n) is 13.9. The van der Waals surface area contributed by atoms with Crippen LogP contribution in [0.25, 0.3) is 16.7 Å². The van der Waals surface area contributed by atoms with Gasteiger partial charge < -0.3 is 20.4 Å². The van der Waals surface area contributed by atoms with Gasteiger partial charge in [0.05, 0.1) is 41.4 Å². The second kappa shape index (κ2) is 11.4. The first-order valence-corrected chi connectivity index (χ1v) is 13.9. The van der Waals surface area contributed by atoms with E-state index in [4.69, 9.17) is 9.72 Å². The van der Waals surface area contributed by atoms with E-state index >= 15 is 0 Å². The molecule has 43 heavy (non-hydrogen) atoms. The van der Waals surface area contributed by atoms with Crippen LogP contribution in [-0.2, 0) is 9.53 Å². The zero-order valence-corrected chi connectivity index (χ0v) is 23.9. The van der Waals surface area contributed by atoms with E-state index in [1.54, 1.807) is 25.4 Å². The molecule has 5 heterocycles. The molecule has 6 rings (SSSR count). The zero-order valence-electron chi connectivity index (χ0n) is 23.9. The van der Waals surface area contributed by atoms with E-state index in [-0.39, 0.29) is 23.4 Å². The van der Waals surface area contributed by atoms with E-state index in [0.717, 1.165) is 17.5 Å². The number of aromatic amines is 2. The van der Waals surface area contributed by atoms with Crippen LogP contribution in [0, 0.1) is 12.7 Å². The summed E-state index contributed by atoms with van der Waals surface area (Å²) >= 11 is 0. The molecule has 5 aromatic rings. The van der Waals surface area contributed by atoms with Gasteiger partial charge in [-0.3, -0.25) is 14.7 Å². The Hall–Kier alpha value is -4.98. The van der Waals surface area contributed by atoms with Crippen molar-refractivity contribution >= 4 is 28.4 Å². The Morgan fingerprint density at radius 1 is 1.19 bits per heavy atom. The van der Waals surface area contributed by atoms with Crippen LogP contribution in [0.4, 0.5) is 16.0 Å². The first-order chi connectivity index (χ1) is 20.7. The highest BCUT2D eigenvalue weighted by molar-refractivity contribution is 5.86. The number of carbonyl (C=O) groups is 1. The van der Waals surface area contributed by atoms with Crippen molar-refractivity contribution in [2.75, 3.05) is 12.4 Å². The molecule has 14 heteroatoms. The maximum Gasteiger partial charge on any atom is 0.258 e. The number of pyridine rings is 2. The Bertz CT molecular complexity index is 1820. The highest BCUT2D eigenvalue weighted by atomic mass is 19.1. The Labute approximate surface area is 245 Å². The number of nitrogens with one attached hydrogen (secondary N) is 4. The van der Waals surface area contributed by atoms with Crippen LogP contribution in [0.5, 0.6) is 0 Å². The van der Waals surface area contributed by atoms with E-state index < -0.39 is 11.4 Å². The monoisotopic (exact) mass is 586 g/mol. The van der Waals surface area contributed by atoms with Crippen LogP contribution in [0.2, 0.25) is 0 Å². The summed E-state index contributed by atoms with van der Waals surface area (Å²) in [6.07, 6.45) is 7.49. The van der Waals surface area contributed by atoms with Gasteiger partial charge in [0.25, 0.3) is 11.5 Å².